The van der Waals surface area contributed by atoms with Gasteiger partial charge in [0.05, 0.1) is 34.8 Å². The van der Waals surface area contributed by atoms with Crippen LogP contribution in [0.4, 0.5) is 0 Å². The fourth-order valence-electron chi connectivity index (χ4n) is 5.22. The lowest BCUT2D eigenvalue weighted by Gasteiger charge is -2.33. The minimum absolute atomic E-state index is 0.126. The summed E-state index contributed by atoms with van der Waals surface area (Å²) in [7, 11) is 0. The third-order valence-electron chi connectivity index (χ3n) is 7.17. The van der Waals surface area contributed by atoms with E-state index in [2.05, 4.69) is 16.6 Å². The summed E-state index contributed by atoms with van der Waals surface area (Å²) in [5, 5.41) is 10.5. The molecule has 3 N–H and O–H groups in total. The molecule has 3 atom stereocenters. The Bertz CT molecular complexity index is 1410. The van der Waals surface area contributed by atoms with Crippen LogP contribution in [0.25, 0.3) is 10.4 Å². The van der Waals surface area contributed by atoms with Crippen LogP contribution in [0.1, 0.15) is 40.5 Å². The predicted octanol–water partition coefficient (Wildman–Crippen LogP) is 3.54. The summed E-state index contributed by atoms with van der Waals surface area (Å²) in [6, 6.07) is 14.0. The molecule has 3 heterocycles. The smallest absolute Gasteiger partial charge is 0.255 e. The van der Waals surface area contributed by atoms with Gasteiger partial charge in [0.2, 0.25) is 5.91 Å². The molecule has 8 nitrogen and oxygen atoms in total. The number of β-amino-alcohol motifs (C(OH)–C–C–N with tert-alkyl or cyclic N) is 1. The molecule has 2 amide bonds. The van der Waals surface area contributed by atoms with Gasteiger partial charge in [-0.05, 0) is 42.2 Å². The number of amides is 2. The number of aromatic nitrogens is 1. The van der Waals surface area contributed by atoms with Crippen LogP contribution < -0.4 is 5.73 Å². The number of aliphatic hydroxyl groups is 1. The van der Waals surface area contributed by atoms with Crippen molar-refractivity contribution in [2.75, 3.05) is 6.54 Å². The van der Waals surface area contributed by atoms with Crippen molar-refractivity contribution in [3.05, 3.63) is 88.6 Å². The van der Waals surface area contributed by atoms with Gasteiger partial charge >= 0.3 is 0 Å². The number of carbonyl (C=O) groups is 2. The highest BCUT2D eigenvalue weighted by Gasteiger charge is 2.44. The average molecular weight is 530 g/mol. The number of carbonyl (C=O) groups excluding carboxylic acids is 2. The average Bonchev–Trinajstić information content (AvgIpc) is 3.60. The van der Waals surface area contributed by atoms with E-state index in [1.165, 1.54) is 0 Å². The van der Waals surface area contributed by atoms with Crippen molar-refractivity contribution in [3.8, 4) is 10.4 Å². The number of nitrogens with zero attached hydrogens (tertiary/aromatic N) is 4. The van der Waals surface area contributed by atoms with Gasteiger partial charge in [0.15, 0.2) is 0 Å². The first kappa shape index (κ1) is 25.8. The van der Waals surface area contributed by atoms with E-state index in [0.717, 1.165) is 27.3 Å². The standard InChI is InChI=1S/C29H31N5O3S/c1-17(2)25(34-14-21-6-4-5-7-23(21)28(34)36)29(37)33-15-22(35)12-24(33)27(30)31-13-19-8-10-20(11-9-19)26-18(3)32-16-38-26/h4-11,16,22,24-25,35H,1,12-15H2,2-3H3,(H2,30,31)/t22-,24+,25+/m1/s1. The second kappa shape index (κ2) is 10.5. The second-order valence-corrected chi connectivity index (χ2v) is 10.8. The second-order valence-electron chi connectivity index (χ2n) is 9.94. The summed E-state index contributed by atoms with van der Waals surface area (Å²) in [5.41, 5.74) is 13.4. The van der Waals surface area contributed by atoms with Crippen LogP contribution in [0, 0.1) is 6.92 Å². The lowest BCUT2D eigenvalue weighted by molar-refractivity contribution is -0.135. The number of aliphatic hydroxyl groups excluding tert-OH is 1. The van der Waals surface area contributed by atoms with Gasteiger partial charge in [-0.25, -0.2) is 4.98 Å². The van der Waals surface area contributed by atoms with Crippen molar-refractivity contribution in [1.82, 2.24) is 14.8 Å². The van der Waals surface area contributed by atoms with Crippen LogP contribution in [0.15, 0.2) is 71.2 Å². The van der Waals surface area contributed by atoms with Crippen LogP contribution in [-0.4, -0.2) is 62.3 Å². The molecule has 1 fully saturated rings. The van der Waals surface area contributed by atoms with Crippen molar-refractivity contribution in [2.24, 2.45) is 10.7 Å². The van der Waals surface area contributed by atoms with Gasteiger partial charge < -0.3 is 20.6 Å². The number of benzene rings is 2. The Kier molecular flexibility index (Phi) is 7.14. The molecule has 2 aromatic carbocycles. The van der Waals surface area contributed by atoms with Crippen molar-refractivity contribution < 1.29 is 14.7 Å². The van der Waals surface area contributed by atoms with Crippen molar-refractivity contribution in [1.29, 1.82) is 0 Å². The number of nitrogens with two attached hydrogens (primary N) is 1. The van der Waals surface area contributed by atoms with Crippen LogP contribution in [-0.2, 0) is 17.9 Å². The number of hydrogen-bond acceptors (Lipinski definition) is 6. The quantitative estimate of drug-likeness (QED) is 0.276. The summed E-state index contributed by atoms with van der Waals surface area (Å²) in [6.07, 6.45) is -0.432. The van der Waals surface area contributed by atoms with Gasteiger partial charge in [-0.2, -0.15) is 0 Å². The molecule has 1 saturated heterocycles. The van der Waals surface area contributed by atoms with E-state index in [-0.39, 0.29) is 24.2 Å². The van der Waals surface area contributed by atoms with Crippen LogP contribution in [0.2, 0.25) is 0 Å². The Labute approximate surface area is 226 Å². The summed E-state index contributed by atoms with van der Waals surface area (Å²) < 4.78 is 0. The van der Waals surface area contributed by atoms with Gasteiger partial charge in [0.25, 0.3) is 5.91 Å². The van der Waals surface area contributed by atoms with E-state index in [1.54, 1.807) is 34.1 Å². The molecule has 0 bridgehead atoms. The molecule has 0 aliphatic carbocycles. The lowest BCUT2D eigenvalue weighted by Crippen LogP contribution is -2.53. The van der Waals surface area contributed by atoms with Crippen molar-refractivity contribution in [3.63, 3.8) is 0 Å². The molecule has 38 heavy (non-hydrogen) atoms. The number of amidine groups is 1. The third-order valence-corrected chi connectivity index (χ3v) is 8.15. The molecule has 0 saturated carbocycles. The first-order valence-electron chi connectivity index (χ1n) is 12.6. The maximum atomic E-state index is 13.8. The Balaban J connectivity index is 1.32. The molecule has 2 aliphatic rings. The highest BCUT2D eigenvalue weighted by molar-refractivity contribution is 7.13. The molecule has 9 heteroatoms. The van der Waals surface area contributed by atoms with Crippen LogP contribution in [0.3, 0.4) is 0 Å². The highest BCUT2D eigenvalue weighted by Crippen LogP contribution is 2.30. The van der Waals surface area contributed by atoms with Gasteiger partial charge in [0.1, 0.15) is 11.9 Å². The van der Waals surface area contributed by atoms with E-state index in [0.29, 0.717) is 30.6 Å². The van der Waals surface area contributed by atoms with E-state index < -0.39 is 18.2 Å². The van der Waals surface area contributed by atoms with Gasteiger partial charge in [-0.3, -0.25) is 14.6 Å². The summed E-state index contributed by atoms with van der Waals surface area (Å²) >= 11 is 1.61. The zero-order valence-electron chi connectivity index (χ0n) is 21.5. The number of aliphatic imine (C=N–C) groups is 1. The molecule has 0 spiro atoms. The molecule has 0 radical (unpaired) electrons. The van der Waals surface area contributed by atoms with E-state index in [1.807, 2.05) is 54.9 Å². The lowest BCUT2D eigenvalue weighted by atomic mass is 10.1. The Morgan fingerprint density at radius 2 is 2.00 bits per heavy atom. The van der Waals surface area contributed by atoms with Gasteiger partial charge in [-0.1, -0.05) is 49.0 Å². The van der Waals surface area contributed by atoms with E-state index in [9.17, 15) is 14.7 Å². The maximum absolute atomic E-state index is 13.8. The van der Waals surface area contributed by atoms with Crippen molar-refractivity contribution >= 4 is 29.0 Å². The number of thiazole rings is 1. The number of hydrogen-bond donors (Lipinski definition) is 2. The minimum atomic E-state index is -0.849. The van der Waals surface area contributed by atoms with Crippen molar-refractivity contribution in [2.45, 2.75) is 51.5 Å². The first-order chi connectivity index (χ1) is 18.2. The number of rotatable bonds is 7. The fraction of sp³-hybridized carbons (Fsp3) is 0.310. The maximum Gasteiger partial charge on any atom is 0.255 e. The minimum Gasteiger partial charge on any atom is -0.391 e. The van der Waals surface area contributed by atoms with E-state index in [4.69, 9.17) is 5.73 Å². The molecule has 1 aromatic heterocycles. The monoisotopic (exact) mass is 529 g/mol. The SMILES string of the molecule is C=C(C)[C@@H](C(=O)N1C[C@H](O)C[C@H]1C(N)=NCc1ccc(-c2scnc2C)cc1)N1Cc2ccccc2C1=O. The normalized spacial score (nSPS) is 20.1. The molecule has 196 valence electrons. The molecule has 3 aromatic rings. The number of likely N-dealkylation sites (tertiary alicyclic amines) is 1. The van der Waals surface area contributed by atoms with Crippen LogP contribution in [0.5, 0.6) is 0 Å². The zero-order chi connectivity index (χ0) is 27.0. The summed E-state index contributed by atoms with van der Waals surface area (Å²) in [5.74, 6) is -0.215. The Morgan fingerprint density at radius 1 is 1.26 bits per heavy atom. The zero-order valence-corrected chi connectivity index (χ0v) is 22.3. The number of aryl methyl sites for hydroxylation is 1. The first-order valence-corrected chi connectivity index (χ1v) is 13.4. The molecular formula is C29H31N5O3S. The van der Waals surface area contributed by atoms with Crippen LogP contribution >= 0.6 is 11.3 Å². The largest absolute Gasteiger partial charge is 0.391 e. The van der Waals surface area contributed by atoms with Gasteiger partial charge in [0, 0.05) is 25.1 Å². The molecular weight excluding hydrogens is 498 g/mol. The third kappa shape index (κ3) is 4.87. The fourth-order valence-corrected chi connectivity index (χ4v) is 6.03. The molecule has 2 aliphatic heterocycles. The van der Waals surface area contributed by atoms with Gasteiger partial charge in [-0.15, -0.1) is 11.3 Å². The summed E-state index contributed by atoms with van der Waals surface area (Å²) in [6.45, 7) is 8.57. The van der Waals surface area contributed by atoms with E-state index >= 15 is 0 Å². The molecule has 0 unspecified atom stereocenters. The Hall–Kier alpha value is -3.82. The summed E-state index contributed by atoms with van der Waals surface area (Å²) in [4.78, 5) is 40.1. The molecule has 5 rings (SSSR count). The number of fused-ring (bicyclic) bond motifs is 1. The topological polar surface area (TPSA) is 112 Å². The predicted molar refractivity (Wildman–Crippen MR) is 149 cm³/mol. The highest BCUT2D eigenvalue weighted by atomic mass is 32.1. The Morgan fingerprint density at radius 3 is 2.66 bits per heavy atom.